The predicted octanol–water partition coefficient (Wildman–Crippen LogP) is 1.06. The highest BCUT2D eigenvalue weighted by molar-refractivity contribution is 5.85. The smallest absolute Gasteiger partial charge is 0.241 e. The summed E-state index contributed by atoms with van der Waals surface area (Å²) in [6, 6.07) is 7.07. The van der Waals surface area contributed by atoms with Gasteiger partial charge in [0.25, 0.3) is 0 Å². The maximum absolute atomic E-state index is 12.4. The number of nitrogens with one attached hydrogen (secondary N) is 2. The summed E-state index contributed by atoms with van der Waals surface area (Å²) in [5, 5.41) is 9.99. The van der Waals surface area contributed by atoms with Gasteiger partial charge in [-0.1, -0.05) is 12.1 Å². The summed E-state index contributed by atoms with van der Waals surface area (Å²) in [4.78, 5) is 12.4. The van der Waals surface area contributed by atoms with E-state index in [1.165, 1.54) is 0 Å². The van der Waals surface area contributed by atoms with E-state index in [2.05, 4.69) is 15.7 Å². The van der Waals surface area contributed by atoms with Gasteiger partial charge >= 0.3 is 0 Å². The molecule has 1 aromatic carbocycles. The SMILES string of the molecule is CNC(C(=O)NCC1COc2ccccc2O1)c1cnn(C)c1.Cl. The summed E-state index contributed by atoms with van der Waals surface area (Å²) >= 11 is 0. The number of aromatic nitrogens is 2. The van der Waals surface area contributed by atoms with Gasteiger partial charge in [-0.25, -0.2) is 0 Å². The van der Waals surface area contributed by atoms with Crippen molar-refractivity contribution in [3.63, 3.8) is 0 Å². The van der Waals surface area contributed by atoms with Gasteiger partial charge in [-0.15, -0.1) is 12.4 Å². The number of nitrogens with zero attached hydrogens (tertiary/aromatic N) is 2. The Morgan fingerprint density at radius 1 is 1.42 bits per heavy atom. The van der Waals surface area contributed by atoms with Gasteiger partial charge in [-0.2, -0.15) is 5.10 Å². The number of halogens is 1. The third-order valence-electron chi connectivity index (χ3n) is 3.68. The van der Waals surface area contributed by atoms with Crippen LogP contribution in [0.1, 0.15) is 11.6 Å². The maximum Gasteiger partial charge on any atom is 0.241 e. The molecular formula is C16H21ClN4O3. The number of likely N-dealkylation sites (N-methyl/N-ethyl adjacent to an activating group) is 1. The van der Waals surface area contributed by atoms with Crippen LogP contribution in [0.5, 0.6) is 11.5 Å². The quantitative estimate of drug-likeness (QED) is 0.841. The summed E-state index contributed by atoms with van der Waals surface area (Å²) in [6.45, 7) is 0.792. The van der Waals surface area contributed by atoms with Crippen LogP contribution >= 0.6 is 12.4 Å². The summed E-state index contributed by atoms with van der Waals surface area (Å²) < 4.78 is 13.1. The zero-order chi connectivity index (χ0) is 16.2. The van der Waals surface area contributed by atoms with Crippen molar-refractivity contribution < 1.29 is 14.3 Å². The molecule has 0 spiro atoms. The molecule has 2 atom stereocenters. The number of benzene rings is 1. The molecule has 1 aliphatic rings. The molecule has 2 N–H and O–H groups in total. The van der Waals surface area contributed by atoms with Crippen LogP contribution in [0.3, 0.4) is 0 Å². The standard InChI is InChI=1S/C16H20N4O3.ClH/c1-17-15(11-7-19-20(2)9-11)16(21)18-8-12-10-22-13-5-3-4-6-14(13)23-12;/h3-7,9,12,15,17H,8,10H2,1-2H3,(H,18,21);1H. The van der Waals surface area contributed by atoms with Gasteiger partial charge in [-0.3, -0.25) is 9.48 Å². The van der Waals surface area contributed by atoms with E-state index in [1.807, 2.05) is 37.5 Å². The fourth-order valence-corrected chi connectivity index (χ4v) is 2.52. The van der Waals surface area contributed by atoms with Crippen LogP contribution in [0.15, 0.2) is 36.7 Å². The minimum Gasteiger partial charge on any atom is -0.486 e. The van der Waals surface area contributed by atoms with E-state index < -0.39 is 6.04 Å². The Morgan fingerprint density at radius 2 is 2.17 bits per heavy atom. The van der Waals surface area contributed by atoms with Gasteiger partial charge < -0.3 is 20.1 Å². The van der Waals surface area contributed by atoms with Crippen LogP contribution in [0.4, 0.5) is 0 Å². The minimum absolute atomic E-state index is 0. The number of carbonyl (C=O) groups excluding carboxylic acids is 1. The van der Waals surface area contributed by atoms with Crippen molar-refractivity contribution in [1.29, 1.82) is 0 Å². The Labute approximate surface area is 146 Å². The fourth-order valence-electron chi connectivity index (χ4n) is 2.52. The molecular weight excluding hydrogens is 332 g/mol. The van der Waals surface area contributed by atoms with E-state index in [9.17, 15) is 4.79 Å². The zero-order valence-corrected chi connectivity index (χ0v) is 14.4. The Bertz CT molecular complexity index is 691. The van der Waals surface area contributed by atoms with E-state index in [-0.39, 0.29) is 24.4 Å². The van der Waals surface area contributed by atoms with Crippen molar-refractivity contribution >= 4 is 18.3 Å². The zero-order valence-electron chi connectivity index (χ0n) is 13.6. The van der Waals surface area contributed by atoms with Crippen molar-refractivity contribution in [3.8, 4) is 11.5 Å². The second-order valence-corrected chi connectivity index (χ2v) is 5.41. The third-order valence-corrected chi connectivity index (χ3v) is 3.68. The fraction of sp³-hybridized carbons (Fsp3) is 0.375. The van der Waals surface area contributed by atoms with Crippen LogP contribution in [-0.4, -0.2) is 42.0 Å². The Balaban J connectivity index is 0.00000208. The van der Waals surface area contributed by atoms with Gasteiger partial charge in [0.05, 0.1) is 12.7 Å². The monoisotopic (exact) mass is 352 g/mol. The lowest BCUT2D eigenvalue weighted by Gasteiger charge is -2.27. The molecule has 0 fully saturated rings. The van der Waals surface area contributed by atoms with Gasteiger partial charge in [0.2, 0.25) is 5.91 Å². The van der Waals surface area contributed by atoms with E-state index in [0.717, 1.165) is 11.3 Å². The lowest BCUT2D eigenvalue weighted by molar-refractivity contribution is -0.123. The molecule has 0 aliphatic carbocycles. The number of aryl methyl sites for hydroxylation is 1. The molecule has 1 amide bonds. The van der Waals surface area contributed by atoms with Crippen molar-refractivity contribution in [3.05, 3.63) is 42.2 Å². The predicted molar refractivity (Wildman–Crippen MR) is 91.6 cm³/mol. The number of para-hydroxylation sites is 2. The van der Waals surface area contributed by atoms with Crippen molar-refractivity contribution in [2.24, 2.45) is 7.05 Å². The molecule has 0 saturated heterocycles. The van der Waals surface area contributed by atoms with Crippen LogP contribution < -0.4 is 20.1 Å². The van der Waals surface area contributed by atoms with Gasteiger partial charge in [-0.05, 0) is 19.2 Å². The molecule has 0 bridgehead atoms. The molecule has 1 aromatic heterocycles. The molecule has 2 unspecified atom stereocenters. The second kappa shape index (κ2) is 8.03. The van der Waals surface area contributed by atoms with E-state index >= 15 is 0 Å². The lowest BCUT2D eigenvalue weighted by atomic mass is 10.1. The number of fused-ring (bicyclic) bond motifs is 1. The molecule has 8 heteroatoms. The number of rotatable bonds is 5. The van der Waals surface area contributed by atoms with Gasteiger partial charge in [0.15, 0.2) is 11.5 Å². The normalized spacial score (nSPS) is 16.8. The number of carbonyl (C=O) groups is 1. The highest BCUT2D eigenvalue weighted by Gasteiger charge is 2.24. The largest absolute Gasteiger partial charge is 0.486 e. The first-order valence-corrected chi connectivity index (χ1v) is 7.49. The first-order chi connectivity index (χ1) is 11.2. The molecule has 7 nitrogen and oxygen atoms in total. The van der Waals surface area contributed by atoms with Crippen LogP contribution in [-0.2, 0) is 11.8 Å². The van der Waals surface area contributed by atoms with E-state index in [4.69, 9.17) is 9.47 Å². The first kappa shape index (κ1) is 18.1. The topological polar surface area (TPSA) is 77.4 Å². The van der Waals surface area contributed by atoms with Gasteiger partial charge in [0, 0.05) is 18.8 Å². The summed E-state index contributed by atoms with van der Waals surface area (Å²) in [6.07, 6.45) is 3.29. The minimum atomic E-state index is -0.444. The molecule has 2 aromatic rings. The highest BCUT2D eigenvalue weighted by atomic mass is 35.5. The third kappa shape index (κ3) is 3.98. The number of ether oxygens (including phenoxy) is 2. The molecule has 0 radical (unpaired) electrons. The molecule has 3 rings (SSSR count). The number of hydrogen-bond donors (Lipinski definition) is 2. The Hall–Kier alpha value is -2.25. The van der Waals surface area contributed by atoms with Crippen molar-refractivity contribution in [1.82, 2.24) is 20.4 Å². The van der Waals surface area contributed by atoms with Crippen molar-refractivity contribution in [2.75, 3.05) is 20.2 Å². The summed E-state index contributed by atoms with van der Waals surface area (Å²) in [5.74, 6) is 1.32. The van der Waals surface area contributed by atoms with E-state index in [1.54, 1.807) is 17.9 Å². The molecule has 130 valence electrons. The highest BCUT2D eigenvalue weighted by Crippen LogP contribution is 2.30. The van der Waals surface area contributed by atoms with Crippen LogP contribution in [0.25, 0.3) is 0 Å². The van der Waals surface area contributed by atoms with Crippen molar-refractivity contribution in [2.45, 2.75) is 12.1 Å². The van der Waals surface area contributed by atoms with Crippen LogP contribution in [0.2, 0.25) is 0 Å². The lowest BCUT2D eigenvalue weighted by Crippen LogP contribution is -2.44. The Kier molecular flexibility index (Phi) is 6.05. The molecule has 2 heterocycles. The molecule has 0 saturated carbocycles. The number of hydrogen-bond acceptors (Lipinski definition) is 5. The summed E-state index contributed by atoms with van der Waals surface area (Å²) in [7, 11) is 3.56. The van der Waals surface area contributed by atoms with Crippen LogP contribution in [0, 0.1) is 0 Å². The molecule has 1 aliphatic heterocycles. The Morgan fingerprint density at radius 3 is 2.83 bits per heavy atom. The second-order valence-electron chi connectivity index (χ2n) is 5.41. The molecule has 24 heavy (non-hydrogen) atoms. The average Bonchev–Trinajstić information content (AvgIpc) is 2.99. The maximum atomic E-state index is 12.4. The first-order valence-electron chi connectivity index (χ1n) is 7.49. The summed E-state index contributed by atoms with van der Waals surface area (Å²) in [5.41, 5.74) is 0.818. The van der Waals surface area contributed by atoms with Gasteiger partial charge in [0.1, 0.15) is 18.8 Å². The van der Waals surface area contributed by atoms with E-state index in [0.29, 0.717) is 18.9 Å². The number of amides is 1. The average molecular weight is 353 g/mol.